The molecule has 1 aliphatic heterocycles. The highest BCUT2D eigenvalue weighted by atomic mass is 32.2. The van der Waals surface area contributed by atoms with Gasteiger partial charge in [-0.1, -0.05) is 0 Å². The van der Waals surface area contributed by atoms with E-state index in [1.54, 1.807) is 6.07 Å². The van der Waals surface area contributed by atoms with Crippen LogP contribution in [-0.4, -0.2) is 43.0 Å². The Morgan fingerprint density at radius 3 is 3.00 bits per heavy atom. The van der Waals surface area contributed by atoms with Crippen molar-refractivity contribution < 1.29 is 9.50 Å². The predicted molar refractivity (Wildman–Crippen MR) is 89.0 cm³/mol. The second-order valence-corrected chi connectivity index (χ2v) is 6.80. The summed E-state index contributed by atoms with van der Waals surface area (Å²) in [5.74, 6) is 3.92. The van der Waals surface area contributed by atoms with E-state index in [-0.39, 0.29) is 12.4 Å². The normalized spacial score (nSPS) is 15.2. The number of H-pyrrole nitrogens is 1. The van der Waals surface area contributed by atoms with Crippen LogP contribution in [0.25, 0.3) is 22.3 Å². The second kappa shape index (κ2) is 5.98. The Morgan fingerprint density at radius 1 is 1.39 bits per heavy atom. The minimum atomic E-state index is -0.264. The second-order valence-electron chi connectivity index (χ2n) is 5.72. The van der Waals surface area contributed by atoms with E-state index in [1.807, 2.05) is 22.6 Å². The van der Waals surface area contributed by atoms with E-state index in [0.29, 0.717) is 18.9 Å². The molecular weight excluding hydrogens is 315 g/mol. The van der Waals surface area contributed by atoms with Gasteiger partial charge in [-0.15, -0.1) is 0 Å². The van der Waals surface area contributed by atoms with Crippen LogP contribution in [-0.2, 0) is 6.54 Å². The number of benzene rings is 1. The SMILES string of the molecule is OCCCn1nc(C2CSC2)nc1-c1c[nH]c2cc(F)ccc12. The molecule has 2 N–H and O–H groups in total. The molecule has 0 spiro atoms. The smallest absolute Gasteiger partial charge is 0.160 e. The van der Waals surface area contributed by atoms with Crippen LogP contribution in [0.1, 0.15) is 18.2 Å². The Hall–Kier alpha value is -1.86. The Balaban J connectivity index is 1.79. The van der Waals surface area contributed by atoms with Gasteiger partial charge in [0.05, 0.1) is 0 Å². The first kappa shape index (κ1) is 14.7. The van der Waals surface area contributed by atoms with Crippen LogP contribution in [0.4, 0.5) is 4.39 Å². The van der Waals surface area contributed by atoms with Gasteiger partial charge in [-0.25, -0.2) is 14.1 Å². The van der Waals surface area contributed by atoms with Gasteiger partial charge in [-0.2, -0.15) is 16.9 Å². The quantitative estimate of drug-likeness (QED) is 0.754. The zero-order valence-electron chi connectivity index (χ0n) is 12.5. The topological polar surface area (TPSA) is 66.7 Å². The van der Waals surface area contributed by atoms with Gasteiger partial charge in [0.15, 0.2) is 11.6 Å². The molecule has 1 aliphatic rings. The fourth-order valence-electron chi connectivity index (χ4n) is 2.78. The molecule has 4 rings (SSSR count). The summed E-state index contributed by atoms with van der Waals surface area (Å²) >= 11 is 1.90. The lowest BCUT2D eigenvalue weighted by Crippen LogP contribution is -2.17. The summed E-state index contributed by atoms with van der Waals surface area (Å²) in [4.78, 5) is 7.85. The van der Waals surface area contributed by atoms with Crippen LogP contribution in [0.5, 0.6) is 0 Å². The molecule has 1 aromatic carbocycles. The lowest BCUT2D eigenvalue weighted by atomic mass is 10.1. The third kappa shape index (κ3) is 2.64. The Kier molecular flexibility index (Phi) is 3.82. The lowest BCUT2D eigenvalue weighted by Gasteiger charge is -2.21. The number of aliphatic hydroxyl groups is 1. The van der Waals surface area contributed by atoms with E-state index < -0.39 is 0 Å². The summed E-state index contributed by atoms with van der Waals surface area (Å²) in [5.41, 5.74) is 1.67. The van der Waals surface area contributed by atoms with Crippen molar-refractivity contribution in [2.24, 2.45) is 0 Å². The Labute approximate surface area is 136 Å². The zero-order chi connectivity index (χ0) is 15.8. The van der Waals surface area contributed by atoms with Crippen molar-refractivity contribution in [2.45, 2.75) is 18.9 Å². The third-order valence-electron chi connectivity index (χ3n) is 4.10. The average molecular weight is 332 g/mol. The van der Waals surface area contributed by atoms with E-state index in [4.69, 9.17) is 10.1 Å². The zero-order valence-corrected chi connectivity index (χ0v) is 13.3. The van der Waals surface area contributed by atoms with Crippen LogP contribution in [0, 0.1) is 5.82 Å². The largest absolute Gasteiger partial charge is 0.396 e. The summed E-state index contributed by atoms with van der Waals surface area (Å²) in [6.07, 6.45) is 2.48. The Bertz CT molecular complexity index is 840. The van der Waals surface area contributed by atoms with Crippen molar-refractivity contribution in [1.29, 1.82) is 0 Å². The standard InChI is InChI=1S/C16H17FN4OS/c17-11-2-3-12-13(7-18-14(12)6-11)16-19-15(10-8-23-9-10)20-21(16)4-1-5-22/h2-3,6-7,10,18,22H,1,4-5,8-9H2. The predicted octanol–water partition coefficient (Wildman–Crippen LogP) is 2.78. The number of hydrogen-bond donors (Lipinski definition) is 2. The highest BCUT2D eigenvalue weighted by Gasteiger charge is 2.26. The van der Waals surface area contributed by atoms with Gasteiger partial charge in [-0.05, 0) is 24.6 Å². The molecule has 0 saturated carbocycles. The molecule has 23 heavy (non-hydrogen) atoms. The first-order chi connectivity index (χ1) is 11.3. The maximum absolute atomic E-state index is 13.4. The fourth-order valence-corrected chi connectivity index (χ4v) is 3.55. The van der Waals surface area contributed by atoms with E-state index in [2.05, 4.69) is 10.1 Å². The number of aryl methyl sites for hydroxylation is 1. The van der Waals surface area contributed by atoms with Gasteiger partial charge in [0.25, 0.3) is 0 Å². The van der Waals surface area contributed by atoms with E-state index >= 15 is 0 Å². The van der Waals surface area contributed by atoms with Crippen molar-refractivity contribution in [2.75, 3.05) is 18.1 Å². The highest BCUT2D eigenvalue weighted by Crippen LogP contribution is 2.34. The minimum Gasteiger partial charge on any atom is -0.396 e. The average Bonchev–Trinajstić information content (AvgIpc) is 3.06. The van der Waals surface area contributed by atoms with Crippen molar-refractivity contribution in [3.05, 3.63) is 36.0 Å². The summed E-state index contributed by atoms with van der Waals surface area (Å²) in [6.45, 7) is 0.736. The monoisotopic (exact) mass is 332 g/mol. The van der Waals surface area contributed by atoms with E-state index in [1.165, 1.54) is 12.1 Å². The number of nitrogens with zero attached hydrogens (tertiary/aromatic N) is 3. The molecule has 0 radical (unpaired) electrons. The van der Waals surface area contributed by atoms with Crippen LogP contribution in [0.3, 0.4) is 0 Å². The molecule has 2 aromatic heterocycles. The highest BCUT2D eigenvalue weighted by molar-refractivity contribution is 8.00. The summed E-state index contributed by atoms with van der Waals surface area (Å²) in [6, 6.07) is 4.70. The molecular formula is C16H17FN4OS. The molecule has 7 heteroatoms. The maximum atomic E-state index is 13.4. The van der Waals surface area contributed by atoms with E-state index in [9.17, 15) is 4.39 Å². The summed E-state index contributed by atoms with van der Waals surface area (Å²) in [5, 5.41) is 14.7. The third-order valence-corrected chi connectivity index (χ3v) is 5.38. The van der Waals surface area contributed by atoms with Crippen molar-refractivity contribution in [3.8, 4) is 11.4 Å². The fraction of sp³-hybridized carbons (Fsp3) is 0.375. The van der Waals surface area contributed by atoms with Crippen LogP contribution in [0.15, 0.2) is 24.4 Å². The van der Waals surface area contributed by atoms with Gasteiger partial charge in [0, 0.05) is 53.2 Å². The first-order valence-electron chi connectivity index (χ1n) is 7.66. The number of aromatic nitrogens is 4. The molecule has 0 amide bonds. The minimum absolute atomic E-state index is 0.118. The van der Waals surface area contributed by atoms with Crippen LogP contribution >= 0.6 is 11.8 Å². The molecule has 0 aliphatic carbocycles. The van der Waals surface area contributed by atoms with Crippen molar-refractivity contribution in [3.63, 3.8) is 0 Å². The number of hydrogen-bond acceptors (Lipinski definition) is 4. The Morgan fingerprint density at radius 2 is 2.26 bits per heavy atom. The number of fused-ring (bicyclic) bond motifs is 1. The lowest BCUT2D eigenvalue weighted by molar-refractivity contribution is 0.277. The molecule has 0 bridgehead atoms. The van der Waals surface area contributed by atoms with Crippen molar-refractivity contribution in [1.82, 2.24) is 19.7 Å². The number of aliphatic hydroxyl groups excluding tert-OH is 1. The van der Waals surface area contributed by atoms with E-state index in [0.717, 1.165) is 39.6 Å². The van der Waals surface area contributed by atoms with Gasteiger partial charge in [0.2, 0.25) is 0 Å². The van der Waals surface area contributed by atoms with Gasteiger partial charge >= 0.3 is 0 Å². The maximum Gasteiger partial charge on any atom is 0.160 e. The molecule has 0 atom stereocenters. The van der Waals surface area contributed by atoms with Gasteiger partial charge < -0.3 is 10.1 Å². The molecule has 0 unspecified atom stereocenters. The summed E-state index contributed by atoms with van der Waals surface area (Å²) in [7, 11) is 0. The number of thioether (sulfide) groups is 1. The van der Waals surface area contributed by atoms with Gasteiger partial charge in [-0.3, -0.25) is 0 Å². The van der Waals surface area contributed by atoms with Crippen molar-refractivity contribution >= 4 is 22.7 Å². The molecule has 5 nitrogen and oxygen atoms in total. The number of rotatable bonds is 5. The molecule has 1 fully saturated rings. The molecule has 3 heterocycles. The summed E-state index contributed by atoms with van der Waals surface area (Å²) < 4.78 is 15.2. The molecule has 3 aromatic rings. The molecule has 1 saturated heterocycles. The van der Waals surface area contributed by atoms with Crippen LogP contribution < -0.4 is 0 Å². The number of aromatic amines is 1. The van der Waals surface area contributed by atoms with Gasteiger partial charge in [0.1, 0.15) is 5.82 Å². The first-order valence-corrected chi connectivity index (χ1v) is 8.82. The number of halogens is 1. The molecule has 120 valence electrons. The van der Waals surface area contributed by atoms with Crippen LogP contribution in [0.2, 0.25) is 0 Å². The number of nitrogens with one attached hydrogen (secondary N) is 1.